The number of hydrogen-bond acceptors (Lipinski definition) is 2. The van der Waals surface area contributed by atoms with Gasteiger partial charge in [0, 0.05) is 19.0 Å². The van der Waals surface area contributed by atoms with Gasteiger partial charge >= 0.3 is 0 Å². The zero-order valence-corrected chi connectivity index (χ0v) is 10.4. The molecule has 18 heavy (non-hydrogen) atoms. The monoisotopic (exact) mass is 249 g/mol. The van der Waals surface area contributed by atoms with Crippen LogP contribution >= 0.6 is 0 Å². The topological polar surface area (TPSA) is 37.4 Å². The van der Waals surface area contributed by atoms with Crippen molar-refractivity contribution in [2.45, 2.75) is 19.8 Å². The summed E-state index contributed by atoms with van der Waals surface area (Å²) >= 11 is 0. The SMILES string of the molecule is Cc1cccc(F)c1C(=O)N1CCCC(C=O)C1. The van der Waals surface area contributed by atoms with Gasteiger partial charge in [-0.15, -0.1) is 0 Å². The minimum absolute atomic E-state index is 0.116. The Hall–Kier alpha value is -1.71. The second kappa shape index (κ2) is 5.29. The predicted octanol–water partition coefficient (Wildman–Crippen LogP) is 2.19. The van der Waals surface area contributed by atoms with Crippen LogP contribution in [0.25, 0.3) is 0 Å². The van der Waals surface area contributed by atoms with E-state index >= 15 is 0 Å². The molecular weight excluding hydrogens is 233 g/mol. The van der Waals surface area contributed by atoms with Crippen molar-refractivity contribution in [2.24, 2.45) is 5.92 Å². The van der Waals surface area contributed by atoms with Crippen molar-refractivity contribution in [3.63, 3.8) is 0 Å². The van der Waals surface area contributed by atoms with E-state index in [1.807, 2.05) is 0 Å². The summed E-state index contributed by atoms with van der Waals surface area (Å²) in [7, 11) is 0. The minimum atomic E-state index is -0.492. The molecule has 1 amide bonds. The molecule has 0 aliphatic carbocycles. The number of aryl methyl sites for hydroxylation is 1. The molecule has 0 bridgehead atoms. The van der Waals surface area contributed by atoms with Crippen molar-refractivity contribution in [1.29, 1.82) is 0 Å². The van der Waals surface area contributed by atoms with E-state index in [0.717, 1.165) is 19.1 Å². The van der Waals surface area contributed by atoms with Gasteiger partial charge in [-0.1, -0.05) is 12.1 Å². The molecule has 1 heterocycles. The van der Waals surface area contributed by atoms with Crippen molar-refractivity contribution in [1.82, 2.24) is 4.90 Å². The lowest BCUT2D eigenvalue weighted by Gasteiger charge is -2.30. The summed E-state index contributed by atoms with van der Waals surface area (Å²) in [6.45, 7) is 2.71. The molecule has 1 aliphatic rings. The van der Waals surface area contributed by atoms with E-state index in [1.54, 1.807) is 24.0 Å². The number of halogens is 1. The van der Waals surface area contributed by atoms with E-state index in [0.29, 0.717) is 18.7 Å². The summed E-state index contributed by atoms with van der Waals surface area (Å²) in [4.78, 5) is 24.6. The molecule has 4 heteroatoms. The zero-order valence-electron chi connectivity index (χ0n) is 10.4. The van der Waals surface area contributed by atoms with Crippen molar-refractivity contribution in [2.75, 3.05) is 13.1 Å². The van der Waals surface area contributed by atoms with Gasteiger partial charge in [-0.05, 0) is 31.4 Å². The summed E-state index contributed by atoms with van der Waals surface area (Å²) in [5, 5.41) is 0. The molecule has 1 unspecified atom stereocenters. The predicted molar refractivity (Wildman–Crippen MR) is 65.8 cm³/mol. The number of likely N-dealkylation sites (tertiary alicyclic amines) is 1. The molecule has 0 spiro atoms. The van der Waals surface area contributed by atoms with E-state index in [9.17, 15) is 14.0 Å². The fraction of sp³-hybridized carbons (Fsp3) is 0.429. The molecular formula is C14H16FNO2. The molecule has 2 rings (SSSR count). The normalized spacial score (nSPS) is 19.7. The average Bonchev–Trinajstić information content (AvgIpc) is 2.38. The molecule has 0 saturated carbocycles. The Morgan fingerprint density at radius 1 is 1.50 bits per heavy atom. The largest absolute Gasteiger partial charge is 0.338 e. The van der Waals surface area contributed by atoms with E-state index in [4.69, 9.17) is 0 Å². The highest BCUT2D eigenvalue weighted by molar-refractivity contribution is 5.96. The second-order valence-electron chi connectivity index (χ2n) is 4.72. The third kappa shape index (κ3) is 2.42. The molecule has 1 aromatic rings. The first-order valence-corrected chi connectivity index (χ1v) is 6.13. The Balaban J connectivity index is 2.23. The van der Waals surface area contributed by atoms with Crippen LogP contribution in [-0.4, -0.2) is 30.2 Å². The van der Waals surface area contributed by atoms with Crippen LogP contribution in [0, 0.1) is 18.7 Å². The van der Waals surface area contributed by atoms with Crippen molar-refractivity contribution in [3.8, 4) is 0 Å². The average molecular weight is 249 g/mol. The first-order chi connectivity index (χ1) is 8.63. The van der Waals surface area contributed by atoms with Gasteiger partial charge in [0.2, 0.25) is 0 Å². The van der Waals surface area contributed by atoms with E-state index in [1.165, 1.54) is 6.07 Å². The lowest BCUT2D eigenvalue weighted by molar-refractivity contribution is -0.112. The van der Waals surface area contributed by atoms with Crippen LogP contribution in [0.3, 0.4) is 0 Å². The molecule has 0 N–H and O–H groups in total. The molecule has 1 atom stereocenters. The number of hydrogen-bond donors (Lipinski definition) is 0. The van der Waals surface area contributed by atoms with Gasteiger partial charge in [0.1, 0.15) is 12.1 Å². The lowest BCUT2D eigenvalue weighted by atomic mass is 9.98. The number of amides is 1. The summed E-state index contributed by atoms with van der Waals surface area (Å²) in [5.74, 6) is -0.917. The lowest BCUT2D eigenvalue weighted by Crippen LogP contribution is -2.41. The highest BCUT2D eigenvalue weighted by Crippen LogP contribution is 2.20. The fourth-order valence-corrected chi connectivity index (χ4v) is 2.37. The number of rotatable bonds is 2. The van der Waals surface area contributed by atoms with Crippen molar-refractivity contribution in [3.05, 3.63) is 35.1 Å². The summed E-state index contributed by atoms with van der Waals surface area (Å²) in [6, 6.07) is 4.60. The van der Waals surface area contributed by atoms with Crippen LogP contribution in [0.2, 0.25) is 0 Å². The van der Waals surface area contributed by atoms with Crippen LogP contribution in [-0.2, 0) is 4.79 Å². The fourth-order valence-electron chi connectivity index (χ4n) is 2.37. The number of nitrogens with zero attached hydrogens (tertiary/aromatic N) is 1. The number of carbonyl (C=O) groups is 2. The standard InChI is InChI=1S/C14H16FNO2/c1-10-4-2-6-12(15)13(10)14(18)16-7-3-5-11(8-16)9-17/h2,4,6,9,11H,3,5,7-8H2,1H3. The molecule has 0 radical (unpaired) electrons. The maximum atomic E-state index is 13.7. The van der Waals surface area contributed by atoms with Gasteiger partial charge < -0.3 is 9.69 Å². The van der Waals surface area contributed by atoms with Crippen LogP contribution in [0.5, 0.6) is 0 Å². The van der Waals surface area contributed by atoms with E-state index in [2.05, 4.69) is 0 Å². The molecule has 1 saturated heterocycles. The van der Waals surface area contributed by atoms with Crippen LogP contribution < -0.4 is 0 Å². The van der Waals surface area contributed by atoms with Gasteiger partial charge in [0.25, 0.3) is 5.91 Å². The first kappa shape index (κ1) is 12.7. The zero-order chi connectivity index (χ0) is 13.1. The smallest absolute Gasteiger partial charge is 0.257 e. The maximum Gasteiger partial charge on any atom is 0.257 e. The Kier molecular flexibility index (Phi) is 3.75. The van der Waals surface area contributed by atoms with Gasteiger partial charge in [-0.25, -0.2) is 4.39 Å². The van der Waals surface area contributed by atoms with Gasteiger partial charge in [0.05, 0.1) is 5.56 Å². The maximum absolute atomic E-state index is 13.7. The molecule has 3 nitrogen and oxygen atoms in total. The molecule has 0 aromatic heterocycles. The Morgan fingerprint density at radius 2 is 2.28 bits per heavy atom. The summed E-state index contributed by atoms with van der Waals surface area (Å²) in [6.07, 6.45) is 2.49. The van der Waals surface area contributed by atoms with Gasteiger partial charge in [-0.2, -0.15) is 0 Å². The summed E-state index contributed by atoms with van der Waals surface area (Å²) in [5.41, 5.74) is 0.761. The minimum Gasteiger partial charge on any atom is -0.338 e. The third-order valence-electron chi connectivity index (χ3n) is 3.37. The Morgan fingerprint density at radius 3 is 2.94 bits per heavy atom. The molecule has 1 aliphatic heterocycles. The number of benzene rings is 1. The quantitative estimate of drug-likeness (QED) is 0.753. The van der Waals surface area contributed by atoms with Gasteiger partial charge in [-0.3, -0.25) is 4.79 Å². The van der Waals surface area contributed by atoms with E-state index in [-0.39, 0.29) is 17.4 Å². The number of aldehydes is 1. The highest BCUT2D eigenvalue weighted by atomic mass is 19.1. The molecule has 96 valence electrons. The van der Waals surface area contributed by atoms with Crippen molar-refractivity contribution < 1.29 is 14.0 Å². The second-order valence-corrected chi connectivity index (χ2v) is 4.72. The Labute approximate surface area is 106 Å². The highest BCUT2D eigenvalue weighted by Gasteiger charge is 2.26. The molecule has 1 aromatic carbocycles. The molecule has 1 fully saturated rings. The van der Waals surface area contributed by atoms with Crippen molar-refractivity contribution >= 4 is 12.2 Å². The summed E-state index contributed by atoms with van der Waals surface area (Å²) < 4.78 is 13.7. The van der Waals surface area contributed by atoms with Crippen LogP contribution in [0.15, 0.2) is 18.2 Å². The Bertz CT molecular complexity index is 453. The first-order valence-electron chi connectivity index (χ1n) is 6.13. The van der Waals surface area contributed by atoms with Gasteiger partial charge in [0.15, 0.2) is 0 Å². The van der Waals surface area contributed by atoms with Crippen LogP contribution in [0.4, 0.5) is 4.39 Å². The van der Waals surface area contributed by atoms with E-state index < -0.39 is 5.82 Å². The number of piperidine rings is 1. The third-order valence-corrected chi connectivity index (χ3v) is 3.37. The number of carbonyl (C=O) groups excluding carboxylic acids is 2. The van der Waals surface area contributed by atoms with Crippen LogP contribution in [0.1, 0.15) is 28.8 Å².